The van der Waals surface area contributed by atoms with Crippen LogP contribution in [0.1, 0.15) is 30.9 Å². The van der Waals surface area contributed by atoms with Crippen LogP contribution in [0.3, 0.4) is 0 Å². The van der Waals surface area contributed by atoms with E-state index in [9.17, 15) is 8.42 Å². The Bertz CT molecular complexity index is 591. The van der Waals surface area contributed by atoms with Crippen molar-refractivity contribution in [1.29, 1.82) is 5.26 Å². The number of aliphatic hydroxyl groups excluding tert-OH is 1. The van der Waals surface area contributed by atoms with Gasteiger partial charge in [-0.3, -0.25) is 0 Å². The number of aliphatic hydroxyl groups is 1. The van der Waals surface area contributed by atoms with Crippen LogP contribution in [0.5, 0.6) is 0 Å². The molecular formula is C14H20N2O3S. The summed E-state index contributed by atoms with van der Waals surface area (Å²) >= 11 is 0. The quantitative estimate of drug-likeness (QED) is 0.829. The zero-order valence-corrected chi connectivity index (χ0v) is 12.7. The van der Waals surface area contributed by atoms with Crippen LogP contribution >= 0.6 is 0 Å². The van der Waals surface area contributed by atoms with E-state index in [-0.39, 0.29) is 18.0 Å². The average Bonchev–Trinajstić information content (AvgIpc) is 2.43. The van der Waals surface area contributed by atoms with Gasteiger partial charge in [0, 0.05) is 13.1 Å². The van der Waals surface area contributed by atoms with Gasteiger partial charge in [0.2, 0.25) is 10.0 Å². The van der Waals surface area contributed by atoms with Crippen LogP contribution in [-0.2, 0) is 10.0 Å². The monoisotopic (exact) mass is 296 g/mol. The Morgan fingerprint density at radius 1 is 1.35 bits per heavy atom. The molecule has 1 aromatic rings. The normalized spacial score (nSPS) is 11.6. The lowest BCUT2D eigenvalue weighted by atomic mass is 10.2. The van der Waals surface area contributed by atoms with Gasteiger partial charge in [-0.15, -0.1) is 0 Å². The molecule has 6 heteroatoms. The zero-order chi connectivity index (χ0) is 15.2. The number of sulfonamides is 1. The van der Waals surface area contributed by atoms with Gasteiger partial charge in [-0.25, -0.2) is 8.42 Å². The van der Waals surface area contributed by atoms with Crippen molar-refractivity contribution in [3.05, 3.63) is 29.3 Å². The summed E-state index contributed by atoms with van der Waals surface area (Å²) in [5, 5.41) is 18.0. The predicted molar refractivity (Wildman–Crippen MR) is 76.6 cm³/mol. The fourth-order valence-corrected chi connectivity index (χ4v) is 3.61. The number of benzene rings is 1. The Kier molecular flexibility index (Phi) is 6.14. The number of unbranched alkanes of at least 4 members (excludes halogenated alkanes) is 1. The van der Waals surface area contributed by atoms with E-state index in [1.807, 2.05) is 13.0 Å². The highest BCUT2D eigenvalue weighted by Gasteiger charge is 2.25. The summed E-state index contributed by atoms with van der Waals surface area (Å²) in [6, 6.07) is 6.56. The Hall–Kier alpha value is -1.42. The van der Waals surface area contributed by atoms with E-state index in [0.29, 0.717) is 17.7 Å². The van der Waals surface area contributed by atoms with E-state index in [1.165, 1.54) is 10.4 Å². The van der Waals surface area contributed by atoms with E-state index >= 15 is 0 Å². The van der Waals surface area contributed by atoms with E-state index in [1.54, 1.807) is 19.1 Å². The van der Waals surface area contributed by atoms with E-state index in [2.05, 4.69) is 0 Å². The second kappa shape index (κ2) is 7.39. The highest BCUT2D eigenvalue weighted by atomic mass is 32.2. The fraction of sp³-hybridized carbons (Fsp3) is 0.500. The summed E-state index contributed by atoms with van der Waals surface area (Å²) < 4.78 is 26.5. The largest absolute Gasteiger partial charge is 0.395 e. The molecule has 0 aliphatic rings. The maximum Gasteiger partial charge on any atom is 0.243 e. The number of hydrogen-bond acceptors (Lipinski definition) is 4. The van der Waals surface area contributed by atoms with Gasteiger partial charge in [-0.1, -0.05) is 19.4 Å². The molecule has 0 aromatic heterocycles. The minimum Gasteiger partial charge on any atom is -0.395 e. The second-order valence-corrected chi connectivity index (χ2v) is 6.48. The van der Waals surface area contributed by atoms with Crippen molar-refractivity contribution >= 4 is 10.0 Å². The Balaban J connectivity index is 3.22. The number of nitriles is 1. The molecule has 0 aliphatic carbocycles. The molecule has 1 N–H and O–H groups in total. The molecule has 20 heavy (non-hydrogen) atoms. The molecule has 0 saturated heterocycles. The molecule has 1 rings (SSSR count). The van der Waals surface area contributed by atoms with Crippen molar-refractivity contribution in [2.24, 2.45) is 0 Å². The summed E-state index contributed by atoms with van der Waals surface area (Å²) in [6.45, 7) is 3.89. The molecule has 0 aliphatic heterocycles. The summed E-state index contributed by atoms with van der Waals surface area (Å²) in [5.41, 5.74) is 0.914. The van der Waals surface area contributed by atoms with Crippen LogP contribution in [-0.4, -0.2) is 37.5 Å². The van der Waals surface area contributed by atoms with Crippen molar-refractivity contribution in [2.75, 3.05) is 19.7 Å². The lowest BCUT2D eigenvalue weighted by Crippen LogP contribution is -2.34. The van der Waals surface area contributed by atoms with E-state index in [4.69, 9.17) is 10.4 Å². The van der Waals surface area contributed by atoms with Crippen LogP contribution in [0.15, 0.2) is 23.1 Å². The highest BCUT2D eigenvalue weighted by molar-refractivity contribution is 7.89. The van der Waals surface area contributed by atoms with E-state index < -0.39 is 10.0 Å². The summed E-state index contributed by atoms with van der Waals surface area (Å²) in [7, 11) is -3.68. The molecule has 0 saturated carbocycles. The molecule has 0 bridgehead atoms. The zero-order valence-electron chi connectivity index (χ0n) is 11.8. The van der Waals surface area contributed by atoms with Gasteiger partial charge >= 0.3 is 0 Å². The van der Waals surface area contributed by atoms with Gasteiger partial charge in [0.1, 0.15) is 0 Å². The van der Waals surface area contributed by atoms with Crippen LogP contribution < -0.4 is 0 Å². The first-order valence-corrected chi connectivity index (χ1v) is 8.03. The van der Waals surface area contributed by atoms with Crippen LogP contribution in [0.2, 0.25) is 0 Å². The average molecular weight is 296 g/mol. The molecule has 1 aromatic carbocycles. The van der Waals surface area contributed by atoms with Crippen molar-refractivity contribution in [2.45, 2.75) is 31.6 Å². The van der Waals surface area contributed by atoms with Crippen molar-refractivity contribution in [3.8, 4) is 6.07 Å². The SMILES string of the molecule is CCCCN(CCO)S(=O)(=O)c1cc(C#N)ccc1C. The van der Waals surface area contributed by atoms with Crippen molar-refractivity contribution in [1.82, 2.24) is 4.31 Å². The Morgan fingerprint density at radius 2 is 2.05 bits per heavy atom. The van der Waals surface area contributed by atoms with Crippen molar-refractivity contribution in [3.63, 3.8) is 0 Å². The summed E-state index contributed by atoms with van der Waals surface area (Å²) in [6.07, 6.45) is 1.60. The van der Waals surface area contributed by atoms with Gasteiger partial charge < -0.3 is 5.11 Å². The Labute approximate surface area is 120 Å². The molecule has 0 spiro atoms. The van der Waals surface area contributed by atoms with Gasteiger partial charge in [0.25, 0.3) is 0 Å². The molecule has 0 heterocycles. The number of aryl methyl sites for hydroxylation is 1. The number of hydrogen-bond donors (Lipinski definition) is 1. The minimum absolute atomic E-state index is 0.0680. The maximum absolute atomic E-state index is 12.6. The van der Waals surface area contributed by atoms with Gasteiger partial charge in [-0.2, -0.15) is 9.57 Å². The van der Waals surface area contributed by atoms with Crippen LogP contribution in [0.4, 0.5) is 0 Å². The lowest BCUT2D eigenvalue weighted by molar-refractivity contribution is 0.252. The molecule has 0 fully saturated rings. The molecule has 0 radical (unpaired) electrons. The third-order valence-corrected chi connectivity index (χ3v) is 5.09. The molecule has 5 nitrogen and oxygen atoms in total. The van der Waals surface area contributed by atoms with E-state index in [0.717, 1.165) is 12.8 Å². The standard InChI is InChI=1S/C14H20N2O3S/c1-3-4-7-16(8-9-17)20(18,19)14-10-13(11-15)6-5-12(14)2/h5-6,10,17H,3-4,7-9H2,1-2H3. The number of rotatable bonds is 7. The first-order valence-electron chi connectivity index (χ1n) is 6.59. The first-order chi connectivity index (χ1) is 9.47. The molecule has 110 valence electrons. The fourth-order valence-electron chi connectivity index (χ4n) is 1.88. The third kappa shape index (κ3) is 3.79. The number of nitrogens with zero attached hydrogens (tertiary/aromatic N) is 2. The lowest BCUT2D eigenvalue weighted by Gasteiger charge is -2.22. The molecule has 0 amide bonds. The van der Waals surface area contributed by atoms with Crippen LogP contribution in [0, 0.1) is 18.3 Å². The molecule has 0 atom stereocenters. The smallest absolute Gasteiger partial charge is 0.243 e. The molecular weight excluding hydrogens is 276 g/mol. The highest BCUT2D eigenvalue weighted by Crippen LogP contribution is 2.21. The summed E-state index contributed by atoms with van der Waals surface area (Å²) in [5.74, 6) is 0. The molecule has 0 unspecified atom stereocenters. The van der Waals surface area contributed by atoms with Gasteiger partial charge in [0.15, 0.2) is 0 Å². The minimum atomic E-state index is -3.68. The third-order valence-electron chi connectivity index (χ3n) is 3.05. The topological polar surface area (TPSA) is 81.4 Å². The maximum atomic E-state index is 12.6. The van der Waals surface area contributed by atoms with Gasteiger partial charge in [-0.05, 0) is 31.0 Å². The predicted octanol–water partition coefficient (Wildman–Crippen LogP) is 1.65. The Morgan fingerprint density at radius 3 is 2.60 bits per heavy atom. The van der Waals surface area contributed by atoms with Gasteiger partial charge in [0.05, 0.1) is 23.1 Å². The van der Waals surface area contributed by atoms with Crippen molar-refractivity contribution < 1.29 is 13.5 Å². The summed E-state index contributed by atoms with van der Waals surface area (Å²) in [4.78, 5) is 0.140. The second-order valence-electron chi connectivity index (χ2n) is 4.57. The van der Waals surface area contributed by atoms with Crippen LogP contribution in [0.25, 0.3) is 0 Å². The first kappa shape index (κ1) is 16.6.